The van der Waals surface area contributed by atoms with Crippen LogP contribution in [-0.2, 0) is 9.59 Å². The molecule has 32 heavy (non-hydrogen) atoms. The topological polar surface area (TPSA) is 67.8 Å². The molecule has 4 rings (SSSR count). The molecule has 3 aromatic rings. The SMILES string of the molecule is CC(=O)Oc1ccc(-c2ccc(C=C3SC(=Nc4cc[c-]cc4)NC3=O)c(F)c2)cc1.[Na+]. The second kappa shape index (κ2) is 10.7. The number of hydrogen-bond acceptors (Lipinski definition) is 5. The normalized spacial score (nSPS) is 15.4. The van der Waals surface area contributed by atoms with Crippen molar-refractivity contribution in [1.82, 2.24) is 5.32 Å². The molecule has 1 fully saturated rings. The van der Waals surface area contributed by atoms with E-state index in [1.165, 1.54) is 19.1 Å². The summed E-state index contributed by atoms with van der Waals surface area (Å²) >= 11 is 1.16. The van der Waals surface area contributed by atoms with Crippen LogP contribution in [0.15, 0.2) is 76.6 Å². The first-order chi connectivity index (χ1) is 15.0. The molecule has 0 aliphatic carbocycles. The summed E-state index contributed by atoms with van der Waals surface area (Å²) in [5, 5.41) is 3.12. The van der Waals surface area contributed by atoms with Crippen molar-refractivity contribution in [2.45, 2.75) is 6.92 Å². The average molecular weight is 454 g/mol. The number of carbonyl (C=O) groups excluding carboxylic acids is 2. The van der Waals surface area contributed by atoms with Gasteiger partial charge < -0.3 is 10.1 Å². The number of amides is 1. The monoisotopic (exact) mass is 454 g/mol. The molecule has 0 saturated carbocycles. The molecule has 0 spiro atoms. The molecule has 1 amide bonds. The van der Waals surface area contributed by atoms with Crippen molar-refractivity contribution in [1.29, 1.82) is 0 Å². The van der Waals surface area contributed by atoms with Crippen LogP contribution in [0.4, 0.5) is 10.1 Å². The Hall–Kier alpha value is -2.71. The van der Waals surface area contributed by atoms with Crippen molar-refractivity contribution in [2.75, 3.05) is 0 Å². The van der Waals surface area contributed by atoms with Gasteiger partial charge in [0.2, 0.25) is 0 Å². The molecule has 0 atom stereocenters. The van der Waals surface area contributed by atoms with Crippen LogP contribution in [0.2, 0.25) is 0 Å². The molecule has 3 aromatic carbocycles. The summed E-state index contributed by atoms with van der Waals surface area (Å²) in [6, 6.07) is 21.5. The van der Waals surface area contributed by atoms with E-state index < -0.39 is 11.8 Å². The van der Waals surface area contributed by atoms with Gasteiger partial charge in [-0.05, 0) is 52.9 Å². The molecule has 1 aliphatic heterocycles. The number of benzene rings is 3. The third-order valence-electron chi connectivity index (χ3n) is 4.32. The van der Waals surface area contributed by atoms with Gasteiger partial charge in [0.15, 0.2) is 5.17 Å². The Bertz CT molecular complexity index is 1210. The molecule has 1 aliphatic rings. The number of nitrogens with one attached hydrogen (secondary N) is 1. The first-order valence-corrected chi connectivity index (χ1v) is 10.1. The minimum absolute atomic E-state index is 0. The van der Waals surface area contributed by atoms with Gasteiger partial charge in [0, 0.05) is 12.5 Å². The van der Waals surface area contributed by atoms with Gasteiger partial charge in [0.1, 0.15) is 11.6 Å². The van der Waals surface area contributed by atoms with Crippen molar-refractivity contribution in [3.05, 3.63) is 89.1 Å². The summed E-state index contributed by atoms with van der Waals surface area (Å²) in [5.74, 6) is -0.754. The van der Waals surface area contributed by atoms with Gasteiger partial charge in [-0.1, -0.05) is 24.3 Å². The van der Waals surface area contributed by atoms with Gasteiger partial charge in [-0.2, -0.15) is 18.2 Å². The second-order valence-electron chi connectivity index (χ2n) is 6.59. The van der Waals surface area contributed by atoms with Gasteiger partial charge in [0.05, 0.1) is 4.91 Å². The molecule has 0 bridgehead atoms. The summed E-state index contributed by atoms with van der Waals surface area (Å²) in [5.41, 5.74) is 2.43. The molecular formula is C24H16FN2NaO3S. The fourth-order valence-corrected chi connectivity index (χ4v) is 3.73. The molecule has 0 radical (unpaired) electrons. The fraction of sp³-hybridized carbons (Fsp3) is 0.0417. The van der Waals surface area contributed by atoms with Gasteiger partial charge in [-0.25, -0.2) is 4.39 Å². The molecule has 154 valence electrons. The number of nitrogens with zero attached hydrogens (tertiary/aromatic N) is 1. The number of rotatable bonds is 4. The third kappa shape index (κ3) is 5.95. The van der Waals surface area contributed by atoms with Crippen LogP contribution in [0.5, 0.6) is 5.75 Å². The Labute approximate surface area is 211 Å². The van der Waals surface area contributed by atoms with Crippen molar-refractivity contribution in [3.8, 4) is 16.9 Å². The van der Waals surface area contributed by atoms with E-state index in [9.17, 15) is 14.0 Å². The Morgan fingerprint density at radius 3 is 2.44 bits per heavy atom. The number of thioether (sulfide) groups is 1. The Morgan fingerprint density at radius 1 is 1.09 bits per heavy atom. The number of esters is 1. The molecule has 0 unspecified atom stereocenters. The fourth-order valence-electron chi connectivity index (χ4n) is 2.90. The molecule has 1 saturated heterocycles. The summed E-state index contributed by atoms with van der Waals surface area (Å²) < 4.78 is 19.7. The second-order valence-corrected chi connectivity index (χ2v) is 7.62. The predicted octanol–water partition coefficient (Wildman–Crippen LogP) is 2.11. The van der Waals surface area contributed by atoms with E-state index in [1.54, 1.807) is 60.7 Å². The molecule has 8 heteroatoms. The molecule has 0 aromatic heterocycles. The predicted molar refractivity (Wildman–Crippen MR) is 119 cm³/mol. The standard InChI is InChI=1S/C24H16FN2O3S.Na/c1-15(28)30-20-11-9-16(10-12-20)17-7-8-18(21(25)13-17)14-22-23(29)27-24(31-22)26-19-5-3-2-4-6-19;/h3-14H,1H3,(H,26,27,29);/q-1;+1. The summed E-state index contributed by atoms with van der Waals surface area (Å²) in [4.78, 5) is 28.0. The Balaban J connectivity index is 0.00000289. The van der Waals surface area contributed by atoms with E-state index in [0.717, 1.165) is 17.3 Å². The van der Waals surface area contributed by atoms with E-state index in [-0.39, 0.29) is 35.5 Å². The van der Waals surface area contributed by atoms with Crippen molar-refractivity contribution < 1.29 is 48.3 Å². The third-order valence-corrected chi connectivity index (χ3v) is 5.23. The van der Waals surface area contributed by atoms with Gasteiger partial charge in [-0.3, -0.25) is 14.6 Å². The van der Waals surface area contributed by atoms with Gasteiger partial charge in [-0.15, -0.1) is 12.1 Å². The van der Waals surface area contributed by atoms with E-state index in [0.29, 0.717) is 32.6 Å². The number of carbonyl (C=O) groups is 2. The first-order valence-electron chi connectivity index (χ1n) is 9.32. The zero-order valence-electron chi connectivity index (χ0n) is 17.4. The summed E-state index contributed by atoms with van der Waals surface area (Å²) in [7, 11) is 0. The number of hydrogen-bond donors (Lipinski definition) is 1. The molecule has 1 N–H and O–H groups in total. The minimum atomic E-state index is -0.452. The van der Waals surface area contributed by atoms with Gasteiger partial charge >= 0.3 is 35.5 Å². The van der Waals surface area contributed by atoms with Crippen LogP contribution in [0, 0.1) is 11.9 Å². The number of ether oxygens (including phenoxy) is 1. The number of amidine groups is 1. The Kier molecular flexibility index (Phi) is 8.04. The van der Waals surface area contributed by atoms with Gasteiger partial charge in [0.25, 0.3) is 5.91 Å². The number of aliphatic imine (C=N–C) groups is 1. The summed E-state index contributed by atoms with van der Waals surface area (Å²) in [6.07, 6.45) is 1.50. The van der Waals surface area contributed by atoms with E-state index >= 15 is 0 Å². The summed E-state index contributed by atoms with van der Waals surface area (Å²) in [6.45, 7) is 1.33. The van der Waals surface area contributed by atoms with Crippen LogP contribution >= 0.6 is 11.8 Å². The molecular weight excluding hydrogens is 438 g/mol. The van der Waals surface area contributed by atoms with Crippen LogP contribution < -0.4 is 39.6 Å². The first kappa shape index (κ1) is 23.9. The zero-order valence-corrected chi connectivity index (χ0v) is 20.2. The quantitative estimate of drug-likeness (QED) is 0.216. The molecule has 5 nitrogen and oxygen atoms in total. The van der Waals surface area contributed by atoms with Crippen LogP contribution in [0.25, 0.3) is 17.2 Å². The van der Waals surface area contributed by atoms with Crippen molar-refractivity contribution >= 4 is 40.6 Å². The smallest absolute Gasteiger partial charge is 0.427 e. The minimum Gasteiger partial charge on any atom is -0.427 e. The largest absolute Gasteiger partial charge is 1.00 e. The van der Waals surface area contributed by atoms with Crippen molar-refractivity contribution in [3.63, 3.8) is 0 Å². The number of halogens is 1. The van der Waals surface area contributed by atoms with Crippen molar-refractivity contribution in [2.24, 2.45) is 4.99 Å². The van der Waals surface area contributed by atoms with Crippen LogP contribution in [-0.4, -0.2) is 17.0 Å². The van der Waals surface area contributed by atoms with E-state index in [1.807, 2.05) is 0 Å². The van der Waals surface area contributed by atoms with E-state index in [2.05, 4.69) is 16.4 Å². The average Bonchev–Trinajstić information content (AvgIpc) is 3.09. The maximum atomic E-state index is 14.7. The Morgan fingerprint density at radius 2 is 1.78 bits per heavy atom. The maximum Gasteiger partial charge on any atom is 1.00 e. The molecule has 1 heterocycles. The van der Waals surface area contributed by atoms with Crippen LogP contribution in [0.1, 0.15) is 12.5 Å². The van der Waals surface area contributed by atoms with E-state index in [4.69, 9.17) is 4.74 Å². The maximum absolute atomic E-state index is 14.7. The van der Waals surface area contributed by atoms with Crippen LogP contribution in [0.3, 0.4) is 0 Å². The zero-order chi connectivity index (χ0) is 21.8.